The van der Waals surface area contributed by atoms with Crippen molar-refractivity contribution in [3.05, 3.63) is 23.8 Å². The molecule has 0 aromatic heterocycles. The van der Waals surface area contributed by atoms with E-state index in [4.69, 9.17) is 0 Å². The fraction of sp³-hybridized carbons (Fsp3) is 0.538. The fourth-order valence-corrected chi connectivity index (χ4v) is 2.51. The van der Waals surface area contributed by atoms with Gasteiger partial charge in [0.15, 0.2) is 0 Å². The van der Waals surface area contributed by atoms with E-state index in [-0.39, 0.29) is 18.4 Å². The lowest BCUT2D eigenvalue weighted by Gasteiger charge is -2.34. The van der Waals surface area contributed by atoms with Crippen LogP contribution in [-0.4, -0.2) is 39.4 Å². The highest BCUT2D eigenvalue weighted by Gasteiger charge is 2.47. The van der Waals surface area contributed by atoms with Crippen LogP contribution in [0.4, 0.5) is 0 Å². The molecule has 0 atom stereocenters. The van der Waals surface area contributed by atoms with Crippen LogP contribution in [0.1, 0.15) is 27.7 Å². The Balaban J connectivity index is 2.25. The third-order valence-corrected chi connectivity index (χ3v) is 3.57. The Kier molecular flexibility index (Phi) is 2.72. The van der Waals surface area contributed by atoms with Gasteiger partial charge in [0.05, 0.1) is 17.6 Å². The number of hydroxylamine groups is 2. The Morgan fingerprint density at radius 3 is 1.94 bits per heavy atom. The predicted octanol–water partition coefficient (Wildman–Crippen LogP) is 1.06. The number of hydrogen-bond acceptors (Lipinski definition) is 3. The summed E-state index contributed by atoms with van der Waals surface area (Å²) >= 11 is 0. The van der Waals surface area contributed by atoms with E-state index in [2.05, 4.69) is 0 Å². The van der Waals surface area contributed by atoms with E-state index in [1.807, 2.05) is 19.9 Å². The molecule has 0 spiro atoms. The third kappa shape index (κ3) is 1.79. The molecule has 0 aromatic rings. The highest BCUT2D eigenvalue weighted by molar-refractivity contribution is 6.13. The number of imide groups is 1. The van der Waals surface area contributed by atoms with E-state index in [0.717, 1.165) is 15.5 Å². The Morgan fingerprint density at radius 2 is 1.56 bits per heavy atom. The van der Waals surface area contributed by atoms with Crippen LogP contribution in [0.25, 0.3) is 0 Å². The molecular formula is C13H17N2O3. The Morgan fingerprint density at radius 1 is 1.06 bits per heavy atom. The second-order valence-corrected chi connectivity index (χ2v) is 5.77. The van der Waals surface area contributed by atoms with Crippen LogP contribution >= 0.6 is 0 Å². The van der Waals surface area contributed by atoms with Gasteiger partial charge in [-0.1, -0.05) is 6.08 Å². The molecule has 2 heterocycles. The maximum absolute atomic E-state index is 12.2. The molecule has 2 amide bonds. The zero-order valence-corrected chi connectivity index (χ0v) is 11.1. The van der Waals surface area contributed by atoms with Crippen molar-refractivity contribution in [1.29, 1.82) is 0 Å². The summed E-state index contributed by atoms with van der Waals surface area (Å²) in [5.41, 5.74) is -0.516. The van der Waals surface area contributed by atoms with Gasteiger partial charge >= 0.3 is 0 Å². The molecule has 0 aliphatic carbocycles. The molecule has 0 saturated carbocycles. The average Bonchev–Trinajstić information content (AvgIpc) is 2.64. The lowest BCUT2D eigenvalue weighted by atomic mass is 9.96. The Hall–Kier alpha value is -1.46. The normalized spacial score (nSPS) is 26.1. The third-order valence-electron chi connectivity index (χ3n) is 3.57. The molecule has 0 fully saturated rings. The monoisotopic (exact) mass is 249 g/mol. The van der Waals surface area contributed by atoms with Crippen LogP contribution in [0.3, 0.4) is 0 Å². The number of carbonyl (C=O) groups excluding carboxylic acids is 2. The summed E-state index contributed by atoms with van der Waals surface area (Å²) < 4.78 is 0. The summed E-state index contributed by atoms with van der Waals surface area (Å²) in [6, 6.07) is 0. The van der Waals surface area contributed by atoms with Crippen LogP contribution in [0.15, 0.2) is 23.8 Å². The quantitative estimate of drug-likeness (QED) is 0.543. The first-order valence-electron chi connectivity index (χ1n) is 5.89. The van der Waals surface area contributed by atoms with Crippen LogP contribution in [0.2, 0.25) is 0 Å². The average molecular weight is 249 g/mol. The molecule has 2 rings (SSSR count). The molecule has 0 saturated heterocycles. The van der Waals surface area contributed by atoms with Gasteiger partial charge in [-0.05, 0) is 33.3 Å². The highest BCUT2D eigenvalue weighted by atomic mass is 16.5. The molecular weight excluding hydrogens is 232 g/mol. The van der Waals surface area contributed by atoms with Crippen LogP contribution in [0, 0.1) is 0 Å². The van der Waals surface area contributed by atoms with Crippen molar-refractivity contribution in [2.45, 2.75) is 38.8 Å². The van der Waals surface area contributed by atoms with Gasteiger partial charge in [0.25, 0.3) is 11.8 Å². The van der Waals surface area contributed by atoms with Crippen molar-refractivity contribution in [2.75, 3.05) is 6.54 Å². The Labute approximate surface area is 106 Å². The number of nitrogens with zero attached hydrogens (tertiary/aromatic N) is 2. The molecule has 97 valence electrons. The predicted molar refractivity (Wildman–Crippen MR) is 64.6 cm³/mol. The summed E-state index contributed by atoms with van der Waals surface area (Å²) in [5.74, 6) is -0.641. The van der Waals surface area contributed by atoms with Gasteiger partial charge in [0.1, 0.15) is 0 Å². The van der Waals surface area contributed by atoms with Gasteiger partial charge in [0, 0.05) is 12.2 Å². The van der Waals surface area contributed by atoms with Gasteiger partial charge < -0.3 is 0 Å². The summed E-state index contributed by atoms with van der Waals surface area (Å²) in [6.07, 6.45) is 4.36. The van der Waals surface area contributed by atoms with Gasteiger partial charge in [0.2, 0.25) is 0 Å². The molecule has 18 heavy (non-hydrogen) atoms. The fourth-order valence-electron chi connectivity index (χ4n) is 2.51. The second kappa shape index (κ2) is 3.76. The Bertz CT molecular complexity index is 457. The topological polar surface area (TPSA) is 60.5 Å². The van der Waals surface area contributed by atoms with Gasteiger partial charge in [-0.15, -0.1) is 10.3 Å². The van der Waals surface area contributed by atoms with E-state index in [1.165, 1.54) is 12.2 Å². The lowest BCUT2D eigenvalue weighted by molar-refractivity contribution is -0.238. The van der Waals surface area contributed by atoms with E-state index in [1.54, 1.807) is 13.8 Å². The van der Waals surface area contributed by atoms with E-state index >= 15 is 0 Å². The van der Waals surface area contributed by atoms with Gasteiger partial charge in [-0.25, -0.2) is 0 Å². The smallest absolute Gasteiger partial charge is 0.253 e. The number of carbonyl (C=O) groups is 2. The summed E-state index contributed by atoms with van der Waals surface area (Å²) in [4.78, 5) is 24.2. The SMILES string of the molecule is CC1(C)C=C(CN2C(=O)C=CC2=O)C(C)(C)N1[O]. The van der Waals surface area contributed by atoms with Gasteiger partial charge in [-0.3, -0.25) is 14.5 Å². The minimum Gasteiger partial charge on any atom is -0.271 e. The number of hydrogen-bond donors (Lipinski definition) is 0. The van der Waals surface area contributed by atoms with Crippen LogP contribution in [-0.2, 0) is 14.8 Å². The maximum Gasteiger partial charge on any atom is 0.253 e. The van der Waals surface area contributed by atoms with Crippen molar-refractivity contribution in [2.24, 2.45) is 0 Å². The molecule has 0 N–H and O–H groups in total. The first-order valence-corrected chi connectivity index (χ1v) is 5.89. The summed E-state index contributed by atoms with van der Waals surface area (Å²) in [6.45, 7) is 7.43. The van der Waals surface area contributed by atoms with E-state index < -0.39 is 11.1 Å². The van der Waals surface area contributed by atoms with Gasteiger partial charge in [-0.2, -0.15) is 0 Å². The standard InChI is InChI=1S/C13H17N2O3/c1-12(2)7-9(13(3,4)15(12)18)8-14-10(16)5-6-11(14)17/h5-7H,8H2,1-4H3. The molecule has 1 radical (unpaired) electrons. The molecule has 5 nitrogen and oxygen atoms in total. The maximum atomic E-state index is 12.2. The van der Waals surface area contributed by atoms with Crippen LogP contribution < -0.4 is 0 Å². The lowest BCUT2D eigenvalue weighted by Crippen LogP contribution is -2.48. The van der Waals surface area contributed by atoms with Crippen molar-refractivity contribution >= 4 is 11.8 Å². The minimum absolute atomic E-state index is 0.180. The number of rotatable bonds is 2. The zero-order chi connectivity index (χ0) is 13.7. The van der Waals surface area contributed by atoms with Crippen LogP contribution in [0.5, 0.6) is 0 Å². The van der Waals surface area contributed by atoms with Crippen molar-refractivity contribution in [3.63, 3.8) is 0 Å². The first kappa shape index (κ1) is 13.0. The minimum atomic E-state index is -0.702. The second-order valence-electron chi connectivity index (χ2n) is 5.77. The van der Waals surface area contributed by atoms with Crippen molar-refractivity contribution in [3.8, 4) is 0 Å². The molecule has 0 aromatic carbocycles. The number of amides is 2. The highest BCUT2D eigenvalue weighted by Crippen LogP contribution is 2.39. The first-order chi connectivity index (χ1) is 8.16. The van der Waals surface area contributed by atoms with Crippen molar-refractivity contribution in [1.82, 2.24) is 9.96 Å². The summed E-state index contributed by atoms with van der Waals surface area (Å²) in [5, 5.41) is 13.2. The largest absolute Gasteiger partial charge is 0.271 e. The zero-order valence-electron chi connectivity index (χ0n) is 11.1. The molecule has 2 aliphatic heterocycles. The molecule has 2 aliphatic rings. The van der Waals surface area contributed by atoms with Crippen molar-refractivity contribution < 1.29 is 14.8 Å². The molecule has 0 unspecified atom stereocenters. The summed E-state index contributed by atoms with van der Waals surface area (Å²) in [7, 11) is 0. The van der Waals surface area contributed by atoms with E-state index in [0.29, 0.717) is 0 Å². The molecule has 5 heteroatoms. The molecule has 0 bridgehead atoms. The van der Waals surface area contributed by atoms with E-state index in [9.17, 15) is 14.8 Å².